The zero-order chi connectivity index (χ0) is 12.1. The van der Waals surface area contributed by atoms with Gasteiger partial charge in [-0.15, -0.1) is 0 Å². The van der Waals surface area contributed by atoms with E-state index < -0.39 is 0 Å². The molecule has 0 aromatic heterocycles. The van der Waals surface area contributed by atoms with Crippen molar-refractivity contribution in [3.8, 4) is 5.75 Å². The maximum Gasteiger partial charge on any atom is 0.166 e. The van der Waals surface area contributed by atoms with Crippen molar-refractivity contribution in [2.24, 2.45) is 0 Å². The Kier molecular flexibility index (Phi) is 4.15. The fourth-order valence-electron chi connectivity index (χ4n) is 2.17. The monoisotopic (exact) mass is 234 g/mol. The van der Waals surface area contributed by atoms with Crippen molar-refractivity contribution in [3.05, 3.63) is 29.8 Å². The average molecular weight is 234 g/mol. The number of carbonyl (C=O) groups excluding carboxylic acids is 1. The smallest absolute Gasteiger partial charge is 0.166 e. The lowest BCUT2D eigenvalue weighted by molar-refractivity contribution is 0.0857. The molecule has 1 aromatic carbocycles. The van der Waals surface area contributed by atoms with Crippen molar-refractivity contribution in [2.75, 3.05) is 13.7 Å². The van der Waals surface area contributed by atoms with Crippen LogP contribution in [0.25, 0.3) is 0 Å². The van der Waals surface area contributed by atoms with E-state index in [1.807, 2.05) is 24.3 Å². The summed E-state index contributed by atoms with van der Waals surface area (Å²) in [6.07, 6.45) is 3.82. The van der Waals surface area contributed by atoms with Gasteiger partial charge in [0.2, 0.25) is 0 Å². The molecule has 3 heteroatoms. The maximum atomic E-state index is 12.0. The molecule has 3 nitrogen and oxygen atoms in total. The minimum absolute atomic E-state index is 0.137. The van der Waals surface area contributed by atoms with Crippen LogP contribution in [0.15, 0.2) is 24.3 Å². The van der Waals surface area contributed by atoms with Gasteiger partial charge >= 0.3 is 0 Å². The highest BCUT2D eigenvalue weighted by Gasteiger charge is 2.18. The van der Waals surface area contributed by atoms with Gasteiger partial charge in [-0.3, -0.25) is 4.79 Å². The molecule has 1 heterocycles. The fraction of sp³-hybridized carbons (Fsp3) is 0.500. The Balaban J connectivity index is 1.94. The molecule has 17 heavy (non-hydrogen) atoms. The molecule has 1 saturated heterocycles. The SMILES string of the molecule is COc1ccccc1C(=O)CCC1CCCO1. The number of ether oxygens (including phenoxy) is 2. The van der Waals surface area contributed by atoms with Gasteiger partial charge in [-0.1, -0.05) is 12.1 Å². The highest BCUT2D eigenvalue weighted by Crippen LogP contribution is 2.22. The zero-order valence-electron chi connectivity index (χ0n) is 10.1. The molecule has 92 valence electrons. The van der Waals surface area contributed by atoms with Crippen LogP contribution in [-0.4, -0.2) is 25.6 Å². The second-order valence-corrected chi connectivity index (χ2v) is 4.30. The van der Waals surface area contributed by atoms with Crippen LogP contribution >= 0.6 is 0 Å². The third-order valence-electron chi connectivity index (χ3n) is 3.12. The van der Waals surface area contributed by atoms with Crippen LogP contribution in [0.4, 0.5) is 0 Å². The van der Waals surface area contributed by atoms with Crippen molar-refractivity contribution in [1.82, 2.24) is 0 Å². The van der Waals surface area contributed by atoms with Crippen LogP contribution in [0.1, 0.15) is 36.0 Å². The summed E-state index contributed by atoms with van der Waals surface area (Å²) in [6.45, 7) is 0.841. The minimum atomic E-state index is 0.137. The van der Waals surface area contributed by atoms with E-state index in [0.717, 1.165) is 25.9 Å². The number of hydrogen-bond acceptors (Lipinski definition) is 3. The van der Waals surface area contributed by atoms with Gasteiger partial charge in [0.15, 0.2) is 5.78 Å². The van der Waals surface area contributed by atoms with Crippen molar-refractivity contribution in [1.29, 1.82) is 0 Å². The Bertz CT molecular complexity index is 381. The summed E-state index contributed by atoms with van der Waals surface area (Å²) in [5.74, 6) is 0.794. The van der Waals surface area contributed by atoms with Crippen LogP contribution in [-0.2, 0) is 4.74 Å². The third kappa shape index (κ3) is 3.07. The molecule has 0 N–H and O–H groups in total. The van der Waals surface area contributed by atoms with Crippen molar-refractivity contribution in [2.45, 2.75) is 31.8 Å². The first kappa shape index (κ1) is 12.1. The summed E-state index contributed by atoms with van der Waals surface area (Å²) in [5.41, 5.74) is 0.674. The summed E-state index contributed by atoms with van der Waals surface area (Å²) in [7, 11) is 1.59. The average Bonchev–Trinajstić information content (AvgIpc) is 2.89. The predicted molar refractivity (Wildman–Crippen MR) is 65.5 cm³/mol. The Morgan fingerprint density at radius 3 is 3.00 bits per heavy atom. The molecule has 0 spiro atoms. The number of hydrogen-bond donors (Lipinski definition) is 0. The lowest BCUT2D eigenvalue weighted by atomic mass is 10.0. The van der Waals surface area contributed by atoms with E-state index in [0.29, 0.717) is 17.7 Å². The summed E-state index contributed by atoms with van der Waals surface area (Å²) in [6, 6.07) is 7.37. The minimum Gasteiger partial charge on any atom is -0.496 e. The Hall–Kier alpha value is -1.35. The molecule has 0 amide bonds. The molecule has 0 saturated carbocycles. The topological polar surface area (TPSA) is 35.5 Å². The second kappa shape index (κ2) is 5.82. The summed E-state index contributed by atoms with van der Waals surface area (Å²) in [5, 5.41) is 0. The van der Waals surface area contributed by atoms with E-state index >= 15 is 0 Å². The predicted octanol–water partition coefficient (Wildman–Crippen LogP) is 2.84. The van der Waals surface area contributed by atoms with E-state index in [9.17, 15) is 4.79 Å². The molecular formula is C14H18O3. The maximum absolute atomic E-state index is 12.0. The molecule has 1 aromatic rings. The first-order valence-corrected chi connectivity index (χ1v) is 6.09. The Labute approximate surface area is 102 Å². The van der Waals surface area contributed by atoms with E-state index in [2.05, 4.69) is 0 Å². The van der Waals surface area contributed by atoms with E-state index in [1.54, 1.807) is 7.11 Å². The summed E-state index contributed by atoms with van der Waals surface area (Å²) < 4.78 is 10.7. The van der Waals surface area contributed by atoms with Crippen molar-refractivity contribution in [3.63, 3.8) is 0 Å². The second-order valence-electron chi connectivity index (χ2n) is 4.30. The van der Waals surface area contributed by atoms with Gasteiger partial charge in [0.05, 0.1) is 18.8 Å². The summed E-state index contributed by atoms with van der Waals surface area (Å²) in [4.78, 5) is 12.0. The van der Waals surface area contributed by atoms with Crippen LogP contribution in [0.2, 0.25) is 0 Å². The molecular weight excluding hydrogens is 216 g/mol. The summed E-state index contributed by atoms with van der Waals surface area (Å²) >= 11 is 0. The molecule has 0 radical (unpaired) electrons. The molecule has 1 aliphatic rings. The van der Waals surface area contributed by atoms with Gasteiger partial charge in [-0.2, -0.15) is 0 Å². The van der Waals surface area contributed by atoms with Gasteiger partial charge in [0.25, 0.3) is 0 Å². The standard InChI is InChI=1S/C14H18O3/c1-16-14-7-3-2-6-12(14)13(15)9-8-11-5-4-10-17-11/h2-3,6-7,11H,4-5,8-10H2,1H3. The highest BCUT2D eigenvalue weighted by atomic mass is 16.5. The lowest BCUT2D eigenvalue weighted by Crippen LogP contribution is -2.09. The van der Waals surface area contributed by atoms with Gasteiger partial charge in [0, 0.05) is 13.0 Å². The van der Waals surface area contributed by atoms with Crippen LogP contribution < -0.4 is 4.74 Å². The molecule has 1 unspecified atom stereocenters. The lowest BCUT2D eigenvalue weighted by Gasteiger charge is -2.10. The largest absolute Gasteiger partial charge is 0.496 e. The molecule has 1 fully saturated rings. The van der Waals surface area contributed by atoms with Crippen LogP contribution in [0, 0.1) is 0 Å². The number of methoxy groups -OCH3 is 1. The number of benzene rings is 1. The van der Waals surface area contributed by atoms with Gasteiger partial charge in [-0.25, -0.2) is 0 Å². The molecule has 1 atom stereocenters. The number of carbonyl (C=O) groups is 1. The van der Waals surface area contributed by atoms with Crippen molar-refractivity contribution < 1.29 is 14.3 Å². The van der Waals surface area contributed by atoms with E-state index in [4.69, 9.17) is 9.47 Å². The van der Waals surface area contributed by atoms with E-state index in [1.165, 1.54) is 0 Å². The number of rotatable bonds is 5. The zero-order valence-corrected chi connectivity index (χ0v) is 10.1. The van der Waals surface area contributed by atoms with Crippen LogP contribution in [0.5, 0.6) is 5.75 Å². The number of para-hydroxylation sites is 1. The third-order valence-corrected chi connectivity index (χ3v) is 3.12. The first-order chi connectivity index (χ1) is 8.31. The van der Waals surface area contributed by atoms with Gasteiger partial charge in [0.1, 0.15) is 5.75 Å². The van der Waals surface area contributed by atoms with Gasteiger partial charge < -0.3 is 9.47 Å². The Morgan fingerprint density at radius 2 is 2.29 bits per heavy atom. The number of Topliss-reactive ketones (excluding diaryl/α,β-unsaturated/α-hetero) is 1. The molecule has 1 aliphatic heterocycles. The van der Waals surface area contributed by atoms with E-state index in [-0.39, 0.29) is 11.9 Å². The van der Waals surface area contributed by atoms with Gasteiger partial charge in [-0.05, 0) is 31.4 Å². The highest BCUT2D eigenvalue weighted by molar-refractivity contribution is 5.98. The quantitative estimate of drug-likeness (QED) is 0.735. The normalized spacial score (nSPS) is 19.2. The molecule has 2 rings (SSSR count). The van der Waals surface area contributed by atoms with Crippen molar-refractivity contribution >= 4 is 5.78 Å². The fourth-order valence-corrected chi connectivity index (χ4v) is 2.17. The van der Waals surface area contributed by atoms with Crippen LogP contribution in [0.3, 0.4) is 0 Å². The number of ketones is 1. The first-order valence-electron chi connectivity index (χ1n) is 6.09. The Morgan fingerprint density at radius 1 is 1.47 bits per heavy atom. The molecule has 0 aliphatic carbocycles. The molecule has 0 bridgehead atoms.